The summed E-state index contributed by atoms with van der Waals surface area (Å²) in [5, 5.41) is 5.03. The zero-order valence-corrected chi connectivity index (χ0v) is 22.0. The van der Waals surface area contributed by atoms with Crippen LogP contribution in [-0.2, 0) is 25.5 Å². The SMILES string of the molecule is COC(=O)CNC(=O)C(Cc1ccc(OC/C=C\COc2ccc(C)cc2)cc1)NC(=O)OC(C)(C)C. The molecule has 0 fully saturated rings. The number of rotatable bonds is 12. The summed E-state index contributed by atoms with van der Waals surface area (Å²) < 4.78 is 21.2. The molecule has 2 aromatic carbocycles. The van der Waals surface area contributed by atoms with Crippen LogP contribution < -0.4 is 20.1 Å². The molecule has 2 amide bonds. The van der Waals surface area contributed by atoms with Gasteiger partial charge >= 0.3 is 12.1 Å². The molecule has 0 heterocycles. The van der Waals surface area contributed by atoms with E-state index in [-0.39, 0.29) is 13.0 Å². The zero-order chi connectivity index (χ0) is 27.3. The maximum atomic E-state index is 12.6. The van der Waals surface area contributed by atoms with Crippen LogP contribution in [0.15, 0.2) is 60.7 Å². The Bertz CT molecular complexity index is 1040. The van der Waals surface area contributed by atoms with Gasteiger partial charge in [-0.3, -0.25) is 9.59 Å². The smallest absolute Gasteiger partial charge is 0.408 e. The molecule has 2 aromatic rings. The molecule has 0 aliphatic carbocycles. The first-order valence-electron chi connectivity index (χ1n) is 12.0. The van der Waals surface area contributed by atoms with E-state index in [9.17, 15) is 14.4 Å². The van der Waals surface area contributed by atoms with Gasteiger partial charge in [0.2, 0.25) is 5.91 Å². The number of carbonyl (C=O) groups is 3. The fourth-order valence-electron chi connectivity index (χ4n) is 3.03. The van der Waals surface area contributed by atoms with Crippen LogP contribution in [0.4, 0.5) is 4.79 Å². The standard InChI is InChI=1S/C28H36N2O7/c1-20-8-12-22(13-9-20)35-16-6-7-17-36-23-14-10-21(11-15-23)18-24(26(32)29-19-25(31)34-5)30-27(33)37-28(2,3)4/h6-15,24H,16-19H2,1-5H3,(H,29,32)(H,30,33)/b7-6-. The van der Waals surface area contributed by atoms with Crippen molar-refractivity contribution in [2.45, 2.75) is 45.8 Å². The number of alkyl carbamates (subject to hydrolysis) is 1. The number of amides is 2. The minimum absolute atomic E-state index is 0.183. The van der Waals surface area contributed by atoms with E-state index >= 15 is 0 Å². The predicted molar refractivity (Wildman–Crippen MR) is 140 cm³/mol. The van der Waals surface area contributed by atoms with Crippen LogP contribution in [0.2, 0.25) is 0 Å². The van der Waals surface area contributed by atoms with E-state index in [1.165, 1.54) is 12.7 Å². The number of hydrogen-bond acceptors (Lipinski definition) is 7. The molecule has 0 saturated carbocycles. The Morgan fingerprint density at radius 1 is 0.892 bits per heavy atom. The first-order chi connectivity index (χ1) is 17.6. The van der Waals surface area contributed by atoms with Gasteiger partial charge in [-0.05, 0) is 69.7 Å². The molecule has 9 nitrogen and oxygen atoms in total. The van der Waals surface area contributed by atoms with Gasteiger partial charge in [0.05, 0.1) is 7.11 Å². The lowest BCUT2D eigenvalue weighted by Crippen LogP contribution is -2.50. The molecule has 0 aliphatic heterocycles. The Balaban J connectivity index is 1.88. The fourth-order valence-corrected chi connectivity index (χ4v) is 3.03. The average molecular weight is 513 g/mol. The van der Waals surface area contributed by atoms with E-state index in [1.807, 2.05) is 43.3 Å². The molecule has 0 spiro atoms. The van der Waals surface area contributed by atoms with Crippen molar-refractivity contribution in [3.05, 3.63) is 71.8 Å². The van der Waals surface area contributed by atoms with Crippen molar-refractivity contribution < 1.29 is 33.3 Å². The number of aryl methyl sites for hydroxylation is 1. The number of carbonyl (C=O) groups excluding carboxylic acids is 3. The Morgan fingerprint density at radius 3 is 1.95 bits per heavy atom. The predicted octanol–water partition coefficient (Wildman–Crippen LogP) is 3.73. The van der Waals surface area contributed by atoms with Crippen LogP contribution in [0.3, 0.4) is 0 Å². The van der Waals surface area contributed by atoms with Gasteiger partial charge in [-0.2, -0.15) is 0 Å². The molecule has 9 heteroatoms. The highest BCUT2D eigenvalue weighted by Crippen LogP contribution is 2.15. The number of ether oxygens (including phenoxy) is 4. The van der Waals surface area contributed by atoms with Gasteiger partial charge in [-0.1, -0.05) is 29.8 Å². The summed E-state index contributed by atoms with van der Waals surface area (Å²) in [6, 6.07) is 14.1. The van der Waals surface area contributed by atoms with Gasteiger partial charge in [0.1, 0.15) is 42.9 Å². The van der Waals surface area contributed by atoms with Gasteiger partial charge in [0, 0.05) is 6.42 Å². The maximum Gasteiger partial charge on any atom is 0.408 e. The monoisotopic (exact) mass is 512 g/mol. The molecular weight excluding hydrogens is 476 g/mol. The number of hydrogen-bond donors (Lipinski definition) is 2. The number of nitrogens with one attached hydrogen (secondary N) is 2. The van der Waals surface area contributed by atoms with Crippen molar-refractivity contribution in [1.82, 2.24) is 10.6 Å². The van der Waals surface area contributed by atoms with Gasteiger partial charge in [-0.15, -0.1) is 0 Å². The molecule has 200 valence electrons. The molecule has 37 heavy (non-hydrogen) atoms. The first-order valence-corrected chi connectivity index (χ1v) is 12.0. The highest BCUT2D eigenvalue weighted by Gasteiger charge is 2.25. The second-order valence-electron chi connectivity index (χ2n) is 9.25. The second-order valence-corrected chi connectivity index (χ2v) is 9.25. The van der Waals surface area contributed by atoms with Crippen molar-refractivity contribution in [3.8, 4) is 11.5 Å². The lowest BCUT2D eigenvalue weighted by molar-refractivity contribution is -0.141. The third kappa shape index (κ3) is 12.0. The molecule has 0 aliphatic rings. The fraction of sp³-hybridized carbons (Fsp3) is 0.393. The van der Waals surface area contributed by atoms with Gasteiger partial charge in [0.25, 0.3) is 0 Å². The van der Waals surface area contributed by atoms with Crippen LogP contribution >= 0.6 is 0 Å². The highest BCUT2D eigenvalue weighted by molar-refractivity contribution is 5.88. The zero-order valence-electron chi connectivity index (χ0n) is 22.0. The van der Waals surface area contributed by atoms with E-state index < -0.39 is 29.6 Å². The van der Waals surface area contributed by atoms with Gasteiger partial charge in [-0.25, -0.2) is 4.79 Å². The number of benzene rings is 2. The van der Waals surface area contributed by atoms with Crippen molar-refractivity contribution in [3.63, 3.8) is 0 Å². The Hall–Kier alpha value is -4.01. The molecule has 0 saturated heterocycles. The molecule has 0 aromatic heterocycles. The largest absolute Gasteiger partial charge is 0.490 e. The van der Waals surface area contributed by atoms with E-state index in [0.29, 0.717) is 19.0 Å². The van der Waals surface area contributed by atoms with Gasteiger partial charge in [0.15, 0.2) is 0 Å². The Morgan fingerprint density at radius 2 is 1.43 bits per heavy atom. The topological polar surface area (TPSA) is 112 Å². The van der Waals surface area contributed by atoms with Crippen LogP contribution in [0.5, 0.6) is 11.5 Å². The quantitative estimate of drug-likeness (QED) is 0.329. The molecule has 2 N–H and O–H groups in total. The van der Waals surface area contributed by atoms with Crippen LogP contribution in [0.1, 0.15) is 31.9 Å². The minimum Gasteiger partial charge on any atom is -0.490 e. The van der Waals surface area contributed by atoms with E-state index in [1.54, 1.807) is 45.0 Å². The Labute approximate surface area is 218 Å². The maximum absolute atomic E-state index is 12.6. The van der Waals surface area contributed by atoms with E-state index in [4.69, 9.17) is 14.2 Å². The second kappa shape index (κ2) is 14.5. The summed E-state index contributed by atoms with van der Waals surface area (Å²) in [6.07, 6.45) is 3.20. The highest BCUT2D eigenvalue weighted by atomic mass is 16.6. The summed E-state index contributed by atoms with van der Waals surface area (Å²) in [6.45, 7) is 7.71. The minimum atomic E-state index is -0.956. The van der Waals surface area contributed by atoms with E-state index in [0.717, 1.165) is 11.3 Å². The molecule has 1 unspecified atom stereocenters. The normalized spacial score (nSPS) is 11.9. The van der Waals surface area contributed by atoms with Crippen molar-refractivity contribution in [2.75, 3.05) is 26.9 Å². The molecule has 0 radical (unpaired) electrons. The summed E-state index contributed by atoms with van der Waals surface area (Å²) in [5.41, 5.74) is 1.24. The first kappa shape index (κ1) is 29.2. The molecule has 1 atom stereocenters. The number of methoxy groups -OCH3 is 1. The van der Waals surface area contributed by atoms with E-state index in [2.05, 4.69) is 15.4 Å². The lowest BCUT2D eigenvalue weighted by Gasteiger charge is -2.23. The van der Waals surface area contributed by atoms with Crippen molar-refractivity contribution in [2.24, 2.45) is 0 Å². The average Bonchev–Trinajstić information content (AvgIpc) is 2.84. The third-order valence-corrected chi connectivity index (χ3v) is 4.89. The molecule has 2 rings (SSSR count). The van der Waals surface area contributed by atoms with Gasteiger partial charge < -0.3 is 29.6 Å². The summed E-state index contributed by atoms with van der Waals surface area (Å²) in [4.78, 5) is 36.3. The van der Waals surface area contributed by atoms with Crippen LogP contribution in [0.25, 0.3) is 0 Å². The summed E-state index contributed by atoms with van der Waals surface area (Å²) >= 11 is 0. The lowest BCUT2D eigenvalue weighted by atomic mass is 10.1. The van der Waals surface area contributed by atoms with Crippen LogP contribution in [-0.4, -0.2) is 56.5 Å². The summed E-state index contributed by atoms with van der Waals surface area (Å²) in [7, 11) is 1.23. The Kier molecular flexibility index (Phi) is 11.5. The third-order valence-electron chi connectivity index (χ3n) is 4.89. The molecule has 0 bridgehead atoms. The van der Waals surface area contributed by atoms with Crippen molar-refractivity contribution in [1.29, 1.82) is 0 Å². The van der Waals surface area contributed by atoms with Crippen LogP contribution in [0, 0.1) is 6.92 Å². The molecular formula is C28H36N2O7. The van der Waals surface area contributed by atoms with Crippen molar-refractivity contribution >= 4 is 18.0 Å². The number of esters is 1. The summed E-state index contributed by atoms with van der Waals surface area (Å²) in [5.74, 6) is 0.334.